The lowest BCUT2D eigenvalue weighted by molar-refractivity contribution is -0.157. The number of halogens is 3. The van der Waals surface area contributed by atoms with Crippen LogP contribution in [-0.4, -0.2) is 48.2 Å². The van der Waals surface area contributed by atoms with Gasteiger partial charge in [-0.3, -0.25) is 4.79 Å². The molecule has 0 heterocycles. The number of anilines is 1. The highest BCUT2D eigenvalue weighted by Crippen LogP contribution is 2.29. The zero-order valence-electron chi connectivity index (χ0n) is 18.9. The first-order chi connectivity index (χ1) is 17.6. The second-order valence-electron chi connectivity index (χ2n) is 7.28. The minimum absolute atomic E-state index is 0.000236. The smallest absolute Gasteiger partial charge is 0.349 e. The average molecular weight is 611 g/mol. The number of carbonyl (C=O) groups excluding carboxylic acids is 3. The van der Waals surface area contributed by atoms with Crippen molar-refractivity contribution in [3.63, 3.8) is 0 Å². The number of hydrogen-bond acceptors (Lipinski definition) is 7. The number of amides is 1. The van der Waals surface area contributed by atoms with E-state index in [9.17, 15) is 24.3 Å². The topological polar surface area (TPSA) is 128 Å². The molecular formula is C25H18BrCl2NO8. The van der Waals surface area contributed by atoms with Crippen LogP contribution >= 0.6 is 39.1 Å². The van der Waals surface area contributed by atoms with E-state index in [1.54, 1.807) is 18.2 Å². The van der Waals surface area contributed by atoms with Crippen molar-refractivity contribution in [1.29, 1.82) is 0 Å². The van der Waals surface area contributed by atoms with Crippen LogP contribution in [0.1, 0.15) is 20.7 Å². The molecular weight excluding hydrogens is 593 g/mol. The van der Waals surface area contributed by atoms with Gasteiger partial charge in [0.15, 0.2) is 0 Å². The highest BCUT2D eigenvalue weighted by atomic mass is 79.9. The van der Waals surface area contributed by atoms with Crippen molar-refractivity contribution in [3.05, 3.63) is 92.4 Å². The highest BCUT2D eigenvalue weighted by Gasteiger charge is 2.41. The monoisotopic (exact) mass is 609 g/mol. The molecule has 0 saturated heterocycles. The van der Waals surface area contributed by atoms with Gasteiger partial charge in [0, 0.05) is 4.47 Å². The Labute approximate surface area is 229 Å². The van der Waals surface area contributed by atoms with Crippen molar-refractivity contribution >= 4 is 68.6 Å². The van der Waals surface area contributed by atoms with Crippen LogP contribution in [0.25, 0.3) is 0 Å². The Hall–Kier alpha value is -3.60. The number of hydrogen-bond donors (Lipinski definition) is 2. The quantitative estimate of drug-likeness (QED) is 0.315. The first-order valence-corrected chi connectivity index (χ1v) is 12.0. The number of aliphatic carboxylic acids is 1. The SMILES string of the molecule is COc1ccc(Br)cc1NC(=O)[C@H](OC(=O)c1ccccc1Cl)[C@H](OC(=O)c1ccccc1Cl)C(=O)O. The van der Waals surface area contributed by atoms with Crippen LogP contribution in [0.2, 0.25) is 10.0 Å². The van der Waals surface area contributed by atoms with Crippen molar-refractivity contribution in [2.24, 2.45) is 0 Å². The van der Waals surface area contributed by atoms with Crippen LogP contribution < -0.4 is 10.1 Å². The fourth-order valence-corrected chi connectivity index (χ4v) is 3.87. The fourth-order valence-electron chi connectivity index (χ4n) is 3.09. The van der Waals surface area contributed by atoms with Gasteiger partial charge in [-0.1, -0.05) is 63.4 Å². The number of carbonyl (C=O) groups is 4. The molecule has 9 nitrogen and oxygen atoms in total. The van der Waals surface area contributed by atoms with E-state index in [-0.39, 0.29) is 32.6 Å². The molecule has 0 saturated carbocycles. The molecule has 0 unspecified atom stereocenters. The van der Waals surface area contributed by atoms with Crippen molar-refractivity contribution in [3.8, 4) is 5.75 Å². The van der Waals surface area contributed by atoms with E-state index in [4.69, 9.17) is 37.4 Å². The summed E-state index contributed by atoms with van der Waals surface area (Å²) in [5.74, 6) is -4.91. The summed E-state index contributed by atoms with van der Waals surface area (Å²) in [4.78, 5) is 51.1. The third kappa shape index (κ3) is 7.00. The Morgan fingerprint density at radius 3 is 1.84 bits per heavy atom. The van der Waals surface area contributed by atoms with Gasteiger partial charge in [-0.15, -0.1) is 0 Å². The van der Waals surface area contributed by atoms with Crippen LogP contribution in [0.3, 0.4) is 0 Å². The molecule has 0 fully saturated rings. The van der Waals surface area contributed by atoms with Crippen LogP contribution in [0.4, 0.5) is 5.69 Å². The number of carboxylic acid groups (broad SMARTS) is 1. The van der Waals surface area contributed by atoms with Gasteiger partial charge in [0.05, 0.1) is 34.0 Å². The summed E-state index contributed by atoms with van der Waals surface area (Å²) in [5.41, 5.74) is -0.161. The molecule has 0 aromatic heterocycles. The molecule has 3 aromatic rings. The van der Waals surface area contributed by atoms with Crippen LogP contribution in [0.5, 0.6) is 5.75 Å². The lowest BCUT2D eigenvalue weighted by atomic mass is 10.1. The lowest BCUT2D eigenvalue weighted by Gasteiger charge is -2.24. The van der Waals surface area contributed by atoms with Crippen LogP contribution in [-0.2, 0) is 19.1 Å². The van der Waals surface area contributed by atoms with Gasteiger partial charge >= 0.3 is 17.9 Å². The Morgan fingerprint density at radius 1 is 0.838 bits per heavy atom. The molecule has 0 radical (unpaired) electrons. The molecule has 3 aromatic carbocycles. The zero-order valence-corrected chi connectivity index (χ0v) is 22.0. The minimum Gasteiger partial charge on any atom is -0.495 e. The molecule has 2 N–H and O–H groups in total. The number of nitrogens with one attached hydrogen (secondary N) is 1. The molecule has 192 valence electrons. The third-order valence-electron chi connectivity index (χ3n) is 4.85. The average Bonchev–Trinajstić information content (AvgIpc) is 2.86. The van der Waals surface area contributed by atoms with Gasteiger partial charge in [-0.2, -0.15) is 0 Å². The maximum atomic E-state index is 13.3. The van der Waals surface area contributed by atoms with E-state index in [0.29, 0.717) is 4.47 Å². The standard InChI is InChI=1S/C25H18BrCl2NO8/c1-35-19-11-10-13(26)12-18(19)29-22(30)20(36-24(33)14-6-2-4-8-16(14)27)21(23(31)32)37-25(34)15-7-3-5-9-17(15)28/h2-12,20-21H,1H3,(H,29,30)(H,31,32)/t20-,21+/m1/s1. The molecule has 2 atom stereocenters. The fraction of sp³-hybridized carbons (Fsp3) is 0.120. The first-order valence-electron chi connectivity index (χ1n) is 10.4. The second kappa shape index (κ2) is 12.6. The molecule has 37 heavy (non-hydrogen) atoms. The van der Waals surface area contributed by atoms with Crippen LogP contribution in [0.15, 0.2) is 71.2 Å². The van der Waals surface area contributed by atoms with Crippen LogP contribution in [0, 0.1) is 0 Å². The summed E-state index contributed by atoms with van der Waals surface area (Å²) in [6.07, 6.45) is -4.40. The second-order valence-corrected chi connectivity index (χ2v) is 9.01. The molecule has 0 bridgehead atoms. The summed E-state index contributed by atoms with van der Waals surface area (Å²) in [5, 5.41) is 12.3. The number of rotatable bonds is 9. The molecule has 0 aliphatic heterocycles. The summed E-state index contributed by atoms with van der Waals surface area (Å²) in [6.45, 7) is 0. The maximum Gasteiger partial charge on any atom is 0.349 e. The van der Waals surface area contributed by atoms with Crippen molar-refractivity contribution in [2.75, 3.05) is 12.4 Å². The Morgan fingerprint density at radius 2 is 1.35 bits per heavy atom. The first kappa shape index (κ1) is 28.0. The largest absolute Gasteiger partial charge is 0.495 e. The van der Waals surface area contributed by atoms with Crippen molar-refractivity contribution in [2.45, 2.75) is 12.2 Å². The normalized spacial score (nSPS) is 12.1. The van der Waals surface area contributed by atoms with E-state index in [2.05, 4.69) is 21.2 Å². The lowest BCUT2D eigenvalue weighted by Crippen LogP contribution is -2.48. The maximum absolute atomic E-state index is 13.3. The van der Waals surface area contributed by atoms with Gasteiger partial charge < -0.3 is 24.6 Å². The Kier molecular flexibility index (Phi) is 9.51. The number of esters is 2. The predicted molar refractivity (Wildman–Crippen MR) is 138 cm³/mol. The third-order valence-corrected chi connectivity index (χ3v) is 6.00. The molecule has 0 aliphatic carbocycles. The predicted octanol–water partition coefficient (Wildman–Crippen LogP) is 5.24. The van der Waals surface area contributed by atoms with Gasteiger partial charge in [-0.25, -0.2) is 14.4 Å². The van der Waals surface area contributed by atoms with E-state index in [1.165, 1.54) is 55.6 Å². The summed E-state index contributed by atoms with van der Waals surface area (Å²) in [7, 11) is 1.36. The van der Waals surface area contributed by atoms with Gasteiger partial charge in [-0.05, 0) is 42.5 Å². The number of methoxy groups -OCH3 is 1. The minimum atomic E-state index is -2.26. The molecule has 12 heteroatoms. The van der Waals surface area contributed by atoms with E-state index >= 15 is 0 Å². The zero-order chi connectivity index (χ0) is 27.1. The number of carboxylic acids is 1. The van der Waals surface area contributed by atoms with Crippen molar-refractivity contribution in [1.82, 2.24) is 0 Å². The molecule has 1 amide bonds. The van der Waals surface area contributed by atoms with E-state index in [0.717, 1.165) is 0 Å². The highest BCUT2D eigenvalue weighted by molar-refractivity contribution is 9.10. The Bertz CT molecular complexity index is 1350. The van der Waals surface area contributed by atoms with Crippen molar-refractivity contribution < 1.29 is 38.5 Å². The van der Waals surface area contributed by atoms with Gasteiger partial charge in [0.1, 0.15) is 5.75 Å². The van der Waals surface area contributed by atoms with Gasteiger partial charge in [0.25, 0.3) is 5.91 Å². The number of benzene rings is 3. The summed E-state index contributed by atoms with van der Waals surface area (Å²) in [6, 6.07) is 16.2. The van der Waals surface area contributed by atoms with E-state index < -0.39 is 36.0 Å². The Balaban J connectivity index is 1.99. The molecule has 0 aliphatic rings. The summed E-state index contributed by atoms with van der Waals surface area (Å²) < 4.78 is 16.2. The number of ether oxygens (including phenoxy) is 3. The molecule has 3 rings (SSSR count). The molecule has 0 spiro atoms. The van der Waals surface area contributed by atoms with Gasteiger partial charge in [0.2, 0.25) is 12.2 Å². The summed E-state index contributed by atoms with van der Waals surface area (Å²) >= 11 is 15.3. The van der Waals surface area contributed by atoms with E-state index in [1.807, 2.05) is 0 Å².